The lowest BCUT2D eigenvalue weighted by Crippen LogP contribution is -2.24. The summed E-state index contributed by atoms with van der Waals surface area (Å²) in [7, 11) is 0. The largest absolute Gasteiger partial charge is 0.364 e. The van der Waals surface area contributed by atoms with Gasteiger partial charge in [0.2, 0.25) is 0 Å². The van der Waals surface area contributed by atoms with E-state index in [9.17, 15) is 0 Å². The topological polar surface area (TPSA) is 29.3 Å². The lowest BCUT2D eigenvalue weighted by molar-refractivity contribution is 0.716. The van der Waals surface area contributed by atoms with Crippen LogP contribution in [0.5, 0.6) is 0 Å². The number of hydrogen-bond donors (Lipinski definition) is 1. The van der Waals surface area contributed by atoms with Crippen LogP contribution in [-0.2, 0) is 6.54 Å². The Labute approximate surface area is 125 Å². The molecule has 20 heavy (non-hydrogen) atoms. The molecule has 0 aliphatic carbocycles. The van der Waals surface area contributed by atoms with Gasteiger partial charge in [0, 0.05) is 23.8 Å². The second-order valence-corrected chi connectivity index (χ2v) is 5.68. The van der Waals surface area contributed by atoms with Crippen LogP contribution < -0.4 is 10.6 Å². The SMILES string of the molecule is NCc1cc(Cl)ccc1N1CCCC1c1ccccc1. The van der Waals surface area contributed by atoms with Gasteiger partial charge in [0.1, 0.15) is 0 Å². The predicted octanol–water partition coefficient (Wildman–Crippen LogP) is 4.14. The van der Waals surface area contributed by atoms with Crippen LogP contribution in [0.25, 0.3) is 0 Å². The first-order chi connectivity index (χ1) is 9.79. The van der Waals surface area contributed by atoms with Crippen molar-refractivity contribution in [2.75, 3.05) is 11.4 Å². The first-order valence-electron chi connectivity index (χ1n) is 7.09. The number of halogens is 1. The van der Waals surface area contributed by atoms with Crippen LogP contribution in [0.2, 0.25) is 5.02 Å². The molecule has 0 radical (unpaired) electrons. The Morgan fingerprint density at radius 3 is 2.70 bits per heavy atom. The summed E-state index contributed by atoms with van der Waals surface area (Å²) in [5.74, 6) is 0. The molecule has 2 nitrogen and oxygen atoms in total. The Balaban J connectivity index is 1.97. The van der Waals surface area contributed by atoms with Crippen LogP contribution >= 0.6 is 11.6 Å². The molecular weight excluding hydrogens is 268 g/mol. The molecule has 1 aliphatic heterocycles. The maximum Gasteiger partial charge on any atom is 0.0543 e. The summed E-state index contributed by atoms with van der Waals surface area (Å²) in [4.78, 5) is 2.47. The summed E-state index contributed by atoms with van der Waals surface area (Å²) in [5, 5.41) is 0.754. The summed E-state index contributed by atoms with van der Waals surface area (Å²) in [5.41, 5.74) is 9.61. The molecule has 1 aliphatic rings. The van der Waals surface area contributed by atoms with Gasteiger partial charge in [-0.3, -0.25) is 0 Å². The summed E-state index contributed by atoms with van der Waals surface area (Å²) in [6.07, 6.45) is 2.41. The van der Waals surface area contributed by atoms with Gasteiger partial charge in [-0.1, -0.05) is 41.9 Å². The molecule has 1 atom stereocenters. The van der Waals surface area contributed by atoms with Crippen molar-refractivity contribution < 1.29 is 0 Å². The summed E-state index contributed by atoms with van der Waals surface area (Å²) in [6, 6.07) is 17.2. The van der Waals surface area contributed by atoms with E-state index in [2.05, 4.69) is 41.3 Å². The summed E-state index contributed by atoms with van der Waals surface area (Å²) >= 11 is 6.08. The molecule has 2 aromatic carbocycles. The monoisotopic (exact) mass is 286 g/mol. The summed E-state index contributed by atoms with van der Waals surface area (Å²) in [6.45, 7) is 1.60. The van der Waals surface area contributed by atoms with Crippen molar-refractivity contribution in [2.45, 2.75) is 25.4 Å². The molecule has 1 fully saturated rings. The average molecular weight is 287 g/mol. The highest BCUT2D eigenvalue weighted by molar-refractivity contribution is 6.30. The van der Waals surface area contributed by atoms with Crippen molar-refractivity contribution in [1.29, 1.82) is 0 Å². The number of nitrogens with two attached hydrogens (primary N) is 1. The number of nitrogens with zero attached hydrogens (tertiary/aromatic N) is 1. The number of rotatable bonds is 3. The molecular formula is C17H19ClN2. The summed E-state index contributed by atoms with van der Waals surface area (Å²) < 4.78 is 0. The molecule has 0 amide bonds. The molecule has 0 spiro atoms. The Morgan fingerprint density at radius 2 is 1.95 bits per heavy atom. The lowest BCUT2D eigenvalue weighted by atomic mass is 10.0. The minimum Gasteiger partial charge on any atom is -0.364 e. The molecule has 1 saturated heterocycles. The number of anilines is 1. The Morgan fingerprint density at radius 1 is 1.15 bits per heavy atom. The van der Waals surface area contributed by atoms with Gasteiger partial charge in [0.15, 0.2) is 0 Å². The highest BCUT2D eigenvalue weighted by Gasteiger charge is 2.27. The van der Waals surface area contributed by atoms with Gasteiger partial charge in [-0.25, -0.2) is 0 Å². The zero-order valence-electron chi connectivity index (χ0n) is 11.4. The van der Waals surface area contributed by atoms with Crippen molar-refractivity contribution in [2.24, 2.45) is 5.73 Å². The predicted molar refractivity (Wildman–Crippen MR) is 85.1 cm³/mol. The first-order valence-corrected chi connectivity index (χ1v) is 7.47. The minimum atomic E-state index is 0.447. The average Bonchev–Trinajstić information content (AvgIpc) is 2.97. The van der Waals surface area contributed by atoms with Gasteiger partial charge in [0.05, 0.1) is 6.04 Å². The zero-order valence-corrected chi connectivity index (χ0v) is 12.2. The maximum absolute atomic E-state index is 6.08. The lowest BCUT2D eigenvalue weighted by Gasteiger charge is -2.29. The van der Waals surface area contributed by atoms with Gasteiger partial charge in [-0.2, -0.15) is 0 Å². The third-order valence-corrected chi connectivity index (χ3v) is 4.24. The first kappa shape index (κ1) is 13.5. The van der Waals surface area contributed by atoms with Crippen molar-refractivity contribution in [3.8, 4) is 0 Å². The fourth-order valence-corrected chi connectivity index (χ4v) is 3.27. The molecule has 3 rings (SSSR count). The van der Waals surface area contributed by atoms with E-state index in [1.54, 1.807) is 0 Å². The Hall–Kier alpha value is -1.51. The number of hydrogen-bond acceptors (Lipinski definition) is 2. The van der Waals surface area contributed by atoms with Crippen LogP contribution in [0.4, 0.5) is 5.69 Å². The van der Waals surface area contributed by atoms with E-state index >= 15 is 0 Å². The van der Waals surface area contributed by atoms with Crippen molar-refractivity contribution >= 4 is 17.3 Å². The second-order valence-electron chi connectivity index (χ2n) is 5.24. The third kappa shape index (κ3) is 2.54. The van der Waals surface area contributed by atoms with Crippen molar-refractivity contribution in [3.05, 3.63) is 64.7 Å². The van der Waals surface area contributed by atoms with E-state index < -0.39 is 0 Å². The van der Waals surface area contributed by atoms with Crippen LogP contribution in [-0.4, -0.2) is 6.54 Å². The van der Waals surface area contributed by atoms with E-state index in [1.807, 2.05) is 12.1 Å². The molecule has 3 heteroatoms. The molecule has 0 aromatic heterocycles. The van der Waals surface area contributed by atoms with Gasteiger partial charge in [-0.15, -0.1) is 0 Å². The normalized spacial score (nSPS) is 18.5. The molecule has 0 bridgehead atoms. The third-order valence-electron chi connectivity index (χ3n) is 4.01. The molecule has 1 heterocycles. The van der Waals surface area contributed by atoms with E-state index in [1.165, 1.54) is 24.1 Å². The van der Waals surface area contributed by atoms with Gasteiger partial charge in [-0.05, 0) is 42.2 Å². The maximum atomic E-state index is 6.08. The van der Waals surface area contributed by atoms with Gasteiger partial charge >= 0.3 is 0 Å². The minimum absolute atomic E-state index is 0.447. The zero-order chi connectivity index (χ0) is 13.9. The highest BCUT2D eigenvalue weighted by Crippen LogP contribution is 2.38. The molecule has 0 saturated carbocycles. The van der Waals surface area contributed by atoms with Crippen LogP contribution in [0, 0.1) is 0 Å². The van der Waals surface area contributed by atoms with E-state index in [0.717, 1.165) is 17.1 Å². The van der Waals surface area contributed by atoms with Crippen molar-refractivity contribution in [3.63, 3.8) is 0 Å². The van der Waals surface area contributed by atoms with Crippen molar-refractivity contribution in [1.82, 2.24) is 0 Å². The Kier molecular flexibility index (Phi) is 3.95. The quantitative estimate of drug-likeness (QED) is 0.919. The molecule has 2 aromatic rings. The Bertz CT molecular complexity index is 583. The van der Waals surface area contributed by atoms with E-state index in [-0.39, 0.29) is 0 Å². The number of benzene rings is 2. The van der Waals surface area contributed by atoms with Crippen LogP contribution in [0.15, 0.2) is 48.5 Å². The highest BCUT2D eigenvalue weighted by atomic mass is 35.5. The fourth-order valence-electron chi connectivity index (χ4n) is 3.07. The van der Waals surface area contributed by atoms with Crippen LogP contribution in [0.1, 0.15) is 30.0 Å². The fraction of sp³-hybridized carbons (Fsp3) is 0.294. The molecule has 104 valence electrons. The standard InChI is InChI=1S/C17H19ClN2/c18-15-8-9-17(14(11-15)12-19)20-10-4-7-16(20)13-5-2-1-3-6-13/h1-3,5-6,8-9,11,16H,4,7,10,12,19H2. The smallest absolute Gasteiger partial charge is 0.0543 e. The second kappa shape index (κ2) is 5.86. The van der Waals surface area contributed by atoms with E-state index in [0.29, 0.717) is 12.6 Å². The molecule has 1 unspecified atom stereocenters. The molecule has 2 N–H and O–H groups in total. The van der Waals surface area contributed by atoms with Crippen LogP contribution in [0.3, 0.4) is 0 Å². The van der Waals surface area contributed by atoms with Gasteiger partial charge < -0.3 is 10.6 Å². The van der Waals surface area contributed by atoms with Gasteiger partial charge in [0.25, 0.3) is 0 Å². The van der Waals surface area contributed by atoms with E-state index in [4.69, 9.17) is 17.3 Å².